The van der Waals surface area contributed by atoms with Gasteiger partial charge in [0.1, 0.15) is 6.10 Å². The molecule has 1 atom stereocenters. The van der Waals surface area contributed by atoms with Crippen molar-refractivity contribution in [3.63, 3.8) is 0 Å². The third kappa shape index (κ3) is 2.81. The molecule has 0 heterocycles. The van der Waals surface area contributed by atoms with Crippen molar-refractivity contribution in [2.24, 2.45) is 5.92 Å². The number of aliphatic hydroxyl groups is 1. The minimum Gasteiger partial charge on any atom is -0.383 e. The maximum Gasteiger partial charge on any atom is 0.249 e. The van der Waals surface area contributed by atoms with Crippen LogP contribution < -0.4 is 5.32 Å². The highest BCUT2D eigenvalue weighted by Crippen LogP contribution is 2.32. The smallest absolute Gasteiger partial charge is 0.249 e. The lowest BCUT2D eigenvalue weighted by molar-refractivity contribution is -0.131. The highest BCUT2D eigenvalue weighted by molar-refractivity contribution is 5.81. The average molecular weight is 171 g/mol. The van der Waals surface area contributed by atoms with E-state index in [4.69, 9.17) is 0 Å². The van der Waals surface area contributed by atoms with Crippen LogP contribution in [-0.2, 0) is 4.79 Å². The molecule has 1 saturated carbocycles. The summed E-state index contributed by atoms with van der Waals surface area (Å²) in [5.41, 5.74) is -0.243. The number of aliphatic hydroxyl groups excluding tert-OH is 1. The zero-order valence-corrected chi connectivity index (χ0v) is 7.92. The average Bonchev–Trinajstić information content (AvgIpc) is 2.62. The van der Waals surface area contributed by atoms with Gasteiger partial charge in [0, 0.05) is 5.54 Å². The summed E-state index contributed by atoms with van der Waals surface area (Å²) in [6, 6.07) is 0. The molecule has 0 aromatic carbocycles. The lowest BCUT2D eigenvalue weighted by Crippen LogP contribution is -2.46. The van der Waals surface area contributed by atoms with Crippen LogP contribution in [0.25, 0.3) is 0 Å². The first-order valence-corrected chi connectivity index (χ1v) is 4.40. The van der Waals surface area contributed by atoms with Crippen LogP contribution in [0.2, 0.25) is 0 Å². The Balaban J connectivity index is 2.36. The summed E-state index contributed by atoms with van der Waals surface area (Å²) in [5, 5.41) is 12.2. The molecular formula is C9H17NO2. The van der Waals surface area contributed by atoms with Crippen LogP contribution in [-0.4, -0.2) is 22.7 Å². The van der Waals surface area contributed by atoms with Crippen LogP contribution in [0.1, 0.15) is 33.6 Å². The minimum atomic E-state index is -0.788. The maximum atomic E-state index is 11.3. The second-order valence-corrected chi connectivity index (χ2v) is 4.52. The lowest BCUT2D eigenvalue weighted by Gasteiger charge is -2.22. The first-order valence-electron chi connectivity index (χ1n) is 4.40. The van der Waals surface area contributed by atoms with E-state index in [-0.39, 0.29) is 17.4 Å². The Labute approximate surface area is 73.2 Å². The fourth-order valence-corrected chi connectivity index (χ4v) is 1.07. The SMILES string of the molecule is CC(C)(C)NC(=O)[C@@H](O)C1CC1. The highest BCUT2D eigenvalue weighted by atomic mass is 16.3. The van der Waals surface area contributed by atoms with E-state index < -0.39 is 6.10 Å². The van der Waals surface area contributed by atoms with E-state index >= 15 is 0 Å². The summed E-state index contributed by atoms with van der Waals surface area (Å²) in [6.07, 6.45) is 1.18. The Morgan fingerprint density at radius 2 is 2.00 bits per heavy atom. The quantitative estimate of drug-likeness (QED) is 0.641. The Hall–Kier alpha value is -0.570. The Morgan fingerprint density at radius 1 is 1.50 bits per heavy atom. The predicted molar refractivity (Wildman–Crippen MR) is 46.6 cm³/mol. The third-order valence-corrected chi connectivity index (χ3v) is 1.84. The number of amides is 1. The second-order valence-electron chi connectivity index (χ2n) is 4.52. The summed E-state index contributed by atoms with van der Waals surface area (Å²) in [5.74, 6) is -0.0163. The van der Waals surface area contributed by atoms with Crippen LogP contribution in [0.3, 0.4) is 0 Å². The van der Waals surface area contributed by atoms with Crippen molar-refractivity contribution in [1.29, 1.82) is 0 Å². The van der Waals surface area contributed by atoms with Gasteiger partial charge in [-0.05, 0) is 39.5 Å². The molecule has 12 heavy (non-hydrogen) atoms. The van der Waals surface area contributed by atoms with Gasteiger partial charge in [0.2, 0.25) is 5.91 Å². The van der Waals surface area contributed by atoms with Crippen molar-refractivity contribution in [1.82, 2.24) is 5.32 Å². The van der Waals surface area contributed by atoms with Crippen LogP contribution >= 0.6 is 0 Å². The van der Waals surface area contributed by atoms with E-state index in [1.807, 2.05) is 20.8 Å². The third-order valence-electron chi connectivity index (χ3n) is 1.84. The Bertz CT molecular complexity index is 179. The van der Waals surface area contributed by atoms with E-state index in [9.17, 15) is 9.90 Å². The summed E-state index contributed by atoms with van der Waals surface area (Å²) in [7, 11) is 0. The molecule has 0 unspecified atom stereocenters. The molecule has 70 valence electrons. The Kier molecular flexibility index (Phi) is 2.42. The van der Waals surface area contributed by atoms with E-state index in [1.165, 1.54) is 0 Å². The lowest BCUT2D eigenvalue weighted by atomic mass is 10.1. The van der Waals surface area contributed by atoms with Crippen molar-refractivity contribution in [3.05, 3.63) is 0 Å². The normalized spacial score (nSPS) is 20.3. The molecule has 1 amide bonds. The zero-order valence-electron chi connectivity index (χ0n) is 7.92. The van der Waals surface area contributed by atoms with Crippen LogP contribution in [0.5, 0.6) is 0 Å². The molecular weight excluding hydrogens is 154 g/mol. The summed E-state index contributed by atoms with van der Waals surface area (Å²) < 4.78 is 0. The van der Waals surface area contributed by atoms with Gasteiger partial charge < -0.3 is 10.4 Å². The van der Waals surface area contributed by atoms with Crippen molar-refractivity contribution in [2.75, 3.05) is 0 Å². The summed E-state index contributed by atoms with van der Waals surface area (Å²) in [4.78, 5) is 11.3. The maximum absolute atomic E-state index is 11.3. The molecule has 0 aromatic rings. The van der Waals surface area contributed by atoms with Gasteiger partial charge in [0.15, 0.2) is 0 Å². The molecule has 0 spiro atoms. The monoisotopic (exact) mass is 171 g/mol. The summed E-state index contributed by atoms with van der Waals surface area (Å²) >= 11 is 0. The van der Waals surface area contributed by atoms with E-state index in [2.05, 4.69) is 5.32 Å². The molecule has 1 rings (SSSR count). The molecule has 3 nitrogen and oxygen atoms in total. The van der Waals surface area contributed by atoms with E-state index in [0.29, 0.717) is 0 Å². The van der Waals surface area contributed by atoms with Gasteiger partial charge in [-0.1, -0.05) is 0 Å². The van der Waals surface area contributed by atoms with E-state index in [1.54, 1.807) is 0 Å². The first kappa shape index (κ1) is 9.52. The highest BCUT2D eigenvalue weighted by Gasteiger charge is 2.35. The van der Waals surface area contributed by atoms with Gasteiger partial charge in [-0.15, -0.1) is 0 Å². The van der Waals surface area contributed by atoms with Crippen molar-refractivity contribution in [3.8, 4) is 0 Å². The van der Waals surface area contributed by atoms with Crippen molar-refractivity contribution < 1.29 is 9.90 Å². The van der Waals surface area contributed by atoms with Crippen molar-refractivity contribution in [2.45, 2.75) is 45.3 Å². The first-order chi connectivity index (χ1) is 5.40. The number of nitrogens with one attached hydrogen (secondary N) is 1. The number of rotatable bonds is 2. The minimum absolute atomic E-state index is 0.215. The van der Waals surface area contributed by atoms with Crippen LogP contribution in [0, 0.1) is 5.92 Å². The van der Waals surface area contributed by atoms with Gasteiger partial charge in [0.25, 0.3) is 0 Å². The number of hydrogen-bond donors (Lipinski definition) is 2. The van der Waals surface area contributed by atoms with Crippen LogP contribution in [0.15, 0.2) is 0 Å². The summed E-state index contributed by atoms with van der Waals surface area (Å²) in [6.45, 7) is 5.72. The largest absolute Gasteiger partial charge is 0.383 e. The number of carbonyl (C=O) groups excluding carboxylic acids is 1. The second kappa shape index (κ2) is 3.05. The van der Waals surface area contributed by atoms with Gasteiger partial charge in [-0.3, -0.25) is 4.79 Å². The molecule has 0 aliphatic heterocycles. The van der Waals surface area contributed by atoms with Crippen LogP contribution in [0.4, 0.5) is 0 Å². The van der Waals surface area contributed by atoms with Gasteiger partial charge in [-0.25, -0.2) is 0 Å². The molecule has 1 fully saturated rings. The van der Waals surface area contributed by atoms with Crippen molar-refractivity contribution >= 4 is 5.91 Å². The van der Waals surface area contributed by atoms with Gasteiger partial charge in [0.05, 0.1) is 0 Å². The predicted octanol–water partition coefficient (Wildman–Crippen LogP) is 0.672. The molecule has 0 saturated heterocycles. The fourth-order valence-electron chi connectivity index (χ4n) is 1.07. The molecule has 2 N–H and O–H groups in total. The Morgan fingerprint density at radius 3 is 2.33 bits per heavy atom. The molecule has 0 bridgehead atoms. The van der Waals surface area contributed by atoms with Gasteiger partial charge in [-0.2, -0.15) is 0 Å². The number of carbonyl (C=O) groups is 1. The molecule has 1 aliphatic carbocycles. The number of hydrogen-bond acceptors (Lipinski definition) is 2. The standard InChI is InChI=1S/C9H17NO2/c1-9(2,3)10-8(12)7(11)6-4-5-6/h6-7,11H,4-5H2,1-3H3,(H,10,12)/t7-/m0/s1. The molecule has 3 heteroatoms. The zero-order chi connectivity index (χ0) is 9.35. The topological polar surface area (TPSA) is 49.3 Å². The van der Waals surface area contributed by atoms with Gasteiger partial charge >= 0.3 is 0 Å². The van der Waals surface area contributed by atoms with E-state index in [0.717, 1.165) is 12.8 Å². The molecule has 1 aliphatic rings. The fraction of sp³-hybridized carbons (Fsp3) is 0.889. The molecule has 0 aromatic heterocycles. The molecule has 0 radical (unpaired) electrons.